The number of nitrogens with zero attached hydrogens (tertiary/aromatic N) is 3. The minimum Gasteiger partial charge on any atom is -0.375 e. The third-order valence-electron chi connectivity index (χ3n) is 4.64. The van der Waals surface area contributed by atoms with E-state index in [1.165, 1.54) is 6.07 Å². The summed E-state index contributed by atoms with van der Waals surface area (Å²) in [6.45, 7) is 4.12. The van der Waals surface area contributed by atoms with Gasteiger partial charge in [0.15, 0.2) is 0 Å². The minimum atomic E-state index is -3.64. The molecule has 0 aromatic heterocycles. The van der Waals surface area contributed by atoms with E-state index in [0.29, 0.717) is 30.8 Å². The van der Waals surface area contributed by atoms with Crippen molar-refractivity contribution in [2.75, 3.05) is 33.3 Å². The van der Waals surface area contributed by atoms with Crippen molar-refractivity contribution in [3.8, 4) is 6.07 Å². The quantitative estimate of drug-likeness (QED) is 0.805. The van der Waals surface area contributed by atoms with Crippen LogP contribution in [0.3, 0.4) is 0 Å². The maximum atomic E-state index is 13.2. The highest BCUT2D eigenvalue weighted by molar-refractivity contribution is 7.89. The number of nitriles is 1. The van der Waals surface area contributed by atoms with Crippen molar-refractivity contribution >= 4 is 10.0 Å². The van der Waals surface area contributed by atoms with Crippen molar-refractivity contribution in [1.29, 1.82) is 5.26 Å². The SMILES string of the molecule is Cc1ccc(C#N)cc1S(=O)(=O)N1CCO[C@@H]2CCN(C)C[C@@H]21. The van der Waals surface area contributed by atoms with E-state index in [0.717, 1.165) is 13.0 Å². The number of fused-ring (bicyclic) bond motifs is 1. The van der Waals surface area contributed by atoms with Crippen molar-refractivity contribution in [3.63, 3.8) is 0 Å². The predicted molar refractivity (Wildman–Crippen MR) is 85.4 cm³/mol. The standard InChI is InChI=1S/C16H21N3O3S/c1-12-3-4-13(10-17)9-16(12)23(20,21)19-7-8-22-15-5-6-18(2)11-14(15)19/h3-4,9,14-15H,5-8,11H2,1-2H3/t14-,15+/m0/s1. The number of ether oxygens (including phenoxy) is 1. The molecule has 2 aliphatic rings. The summed E-state index contributed by atoms with van der Waals surface area (Å²) < 4.78 is 33.7. The fraction of sp³-hybridized carbons (Fsp3) is 0.562. The number of hydrogen-bond acceptors (Lipinski definition) is 5. The first-order valence-corrected chi connectivity index (χ1v) is 9.20. The van der Waals surface area contributed by atoms with Crippen LogP contribution in [0.15, 0.2) is 23.1 Å². The zero-order valence-electron chi connectivity index (χ0n) is 13.4. The van der Waals surface area contributed by atoms with Crippen molar-refractivity contribution in [2.45, 2.75) is 30.4 Å². The molecule has 0 saturated carbocycles. The van der Waals surface area contributed by atoms with E-state index < -0.39 is 10.0 Å². The van der Waals surface area contributed by atoms with Crippen molar-refractivity contribution in [3.05, 3.63) is 29.3 Å². The maximum Gasteiger partial charge on any atom is 0.243 e. The first-order valence-electron chi connectivity index (χ1n) is 7.76. The van der Waals surface area contributed by atoms with Gasteiger partial charge in [0.1, 0.15) is 0 Å². The van der Waals surface area contributed by atoms with Gasteiger partial charge in [-0.25, -0.2) is 8.42 Å². The first-order chi connectivity index (χ1) is 10.9. The molecule has 0 bridgehead atoms. The zero-order chi connectivity index (χ0) is 16.6. The molecule has 1 aromatic carbocycles. The second-order valence-electron chi connectivity index (χ2n) is 6.24. The third-order valence-corrected chi connectivity index (χ3v) is 6.71. The normalized spacial score (nSPS) is 26.5. The van der Waals surface area contributed by atoms with Crippen LogP contribution >= 0.6 is 0 Å². The molecular weight excluding hydrogens is 314 g/mol. The molecule has 2 heterocycles. The van der Waals surface area contributed by atoms with Crippen LogP contribution in [0.5, 0.6) is 0 Å². The smallest absolute Gasteiger partial charge is 0.243 e. The Balaban J connectivity index is 2.00. The van der Waals surface area contributed by atoms with Crippen LogP contribution in [0.1, 0.15) is 17.5 Å². The Morgan fingerprint density at radius 2 is 2.13 bits per heavy atom. The molecule has 6 nitrogen and oxygen atoms in total. The average molecular weight is 335 g/mol. The Morgan fingerprint density at radius 3 is 2.87 bits per heavy atom. The van der Waals surface area contributed by atoms with Gasteiger partial charge in [-0.2, -0.15) is 9.57 Å². The number of likely N-dealkylation sites (N-methyl/N-ethyl adjacent to an activating group) is 1. The van der Waals surface area contributed by atoms with Gasteiger partial charge in [-0.3, -0.25) is 0 Å². The molecule has 2 fully saturated rings. The van der Waals surface area contributed by atoms with E-state index in [1.54, 1.807) is 23.4 Å². The van der Waals surface area contributed by atoms with Crippen LogP contribution < -0.4 is 0 Å². The summed E-state index contributed by atoms with van der Waals surface area (Å²) >= 11 is 0. The fourth-order valence-corrected chi connectivity index (χ4v) is 5.25. The van der Waals surface area contributed by atoms with Gasteiger partial charge in [-0.05, 0) is 38.1 Å². The molecule has 0 unspecified atom stereocenters. The Morgan fingerprint density at radius 1 is 1.35 bits per heavy atom. The van der Waals surface area contributed by atoms with E-state index in [9.17, 15) is 8.42 Å². The lowest BCUT2D eigenvalue weighted by Crippen LogP contribution is -2.60. The Labute approximate surface area is 137 Å². The molecule has 2 aliphatic heterocycles. The van der Waals surface area contributed by atoms with Crippen LogP contribution in [0.25, 0.3) is 0 Å². The first kappa shape index (κ1) is 16.4. The number of benzene rings is 1. The van der Waals surface area contributed by atoms with Gasteiger partial charge >= 0.3 is 0 Å². The number of likely N-dealkylation sites (tertiary alicyclic amines) is 1. The minimum absolute atomic E-state index is 0.0471. The molecule has 23 heavy (non-hydrogen) atoms. The molecule has 0 aliphatic carbocycles. The van der Waals surface area contributed by atoms with Gasteiger partial charge in [0.05, 0.1) is 35.3 Å². The molecule has 0 spiro atoms. The number of piperidine rings is 1. The highest BCUT2D eigenvalue weighted by atomic mass is 32.2. The number of rotatable bonds is 2. The van der Waals surface area contributed by atoms with Gasteiger partial charge in [0.25, 0.3) is 0 Å². The van der Waals surface area contributed by atoms with Crippen LogP contribution in [0.2, 0.25) is 0 Å². The van der Waals surface area contributed by atoms with E-state index in [-0.39, 0.29) is 17.0 Å². The van der Waals surface area contributed by atoms with Crippen molar-refractivity contribution in [1.82, 2.24) is 9.21 Å². The maximum absolute atomic E-state index is 13.2. The Hall–Kier alpha value is -1.46. The molecule has 0 amide bonds. The Kier molecular flexibility index (Phi) is 4.43. The lowest BCUT2D eigenvalue weighted by molar-refractivity contribution is -0.0719. The summed E-state index contributed by atoms with van der Waals surface area (Å²) in [6.07, 6.45) is 0.791. The van der Waals surface area contributed by atoms with E-state index in [4.69, 9.17) is 10.00 Å². The summed E-state index contributed by atoms with van der Waals surface area (Å²) in [4.78, 5) is 2.36. The highest BCUT2D eigenvalue weighted by Gasteiger charge is 2.42. The number of morpholine rings is 1. The summed E-state index contributed by atoms with van der Waals surface area (Å²) in [5, 5.41) is 9.07. The molecule has 0 N–H and O–H groups in total. The van der Waals surface area contributed by atoms with Gasteiger partial charge < -0.3 is 9.64 Å². The lowest BCUT2D eigenvalue weighted by atomic mass is 10.0. The third kappa shape index (κ3) is 3.00. The van der Waals surface area contributed by atoms with Crippen molar-refractivity contribution < 1.29 is 13.2 Å². The molecule has 7 heteroatoms. The number of sulfonamides is 1. The molecule has 2 saturated heterocycles. The summed E-state index contributed by atoms with van der Waals surface area (Å²) in [6, 6.07) is 6.66. The van der Waals surface area contributed by atoms with Gasteiger partial charge in [0.2, 0.25) is 10.0 Å². The van der Waals surface area contributed by atoms with E-state index in [1.807, 2.05) is 13.1 Å². The van der Waals surface area contributed by atoms with E-state index >= 15 is 0 Å². The van der Waals surface area contributed by atoms with Gasteiger partial charge in [-0.15, -0.1) is 0 Å². The zero-order valence-corrected chi connectivity index (χ0v) is 14.2. The van der Waals surface area contributed by atoms with Crippen molar-refractivity contribution in [2.24, 2.45) is 0 Å². The highest BCUT2D eigenvalue weighted by Crippen LogP contribution is 2.29. The molecule has 0 radical (unpaired) electrons. The summed E-state index contributed by atoms with van der Waals surface area (Å²) in [7, 11) is -1.65. The van der Waals surface area contributed by atoms with Crippen LogP contribution in [0.4, 0.5) is 0 Å². The number of hydrogen-bond donors (Lipinski definition) is 0. The monoisotopic (exact) mass is 335 g/mol. The second kappa shape index (κ2) is 6.21. The second-order valence-corrected chi connectivity index (χ2v) is 8.09. The van der Waals surface area contributed by atoms with Crippen LogP contribution in [-0.2, 0) is 14.8 Å². The van der Waals surface area contributed by atoms with Gasteiger partial charge in [-0.1, -0.05) is 6.07 Å². The summed E-state index contributed by atoms with van der Waals surface area (Å²) in [5.41, 5.74) is 1.02. The van der Waals surface area contributed by atoms with Crippen LogP contribution in [-0.4, -0.2) is 63.1 Å². The fourth-order valence-electron chi connectivity index (χ4n) is 3.37. The number of aryl methyl sites for hydroxylation is 1. The predicted octanol–water partition coefficient (Wildman–Crippen LogP) is 0.960. The largest absolute Gasteiger partial charge is 0.375 e. The Bertz CT molecular complexity index is 741. The molecule has 1 aromatic rings. The molecule has 2 atom stereocenters. The lowest BCUT2D eigenvalue weighted by Gasteiger charge is -2.45. The van der Waals surface area contributed by atoms with Gasteiger partial charge in [0, 0.05) is 19.6 Å². The topological polar surface area (TPSA) is 73.6 Å². The molecule has 124 valence electrons. The average Bonchev–Trinajstić information content (AvgIpc) is 2.54. The summed E-state index contributed by atoms with van der Waals surface area (Å²) in [5.74, 6) is 0. The molecular formula is C16H21N3O3S. The molecule has 3 rings (SSSR count). The van der Waals surface area contributed by atoms with Crippen LogP contribution in [0, 0.1) is 18.3 Å². The van der Waals surface area contributed by atoms with E-state index in [2.05, 4.69) is 4.90 Å².